The Labute approximate surface area is 177 Å². The first-order valence-corrected chi connectivity index (χ1v) is 10.4. The molecule has 0 saturated heterocycles. The Morgan fingerprint density at radius 1 is 1.11 bits per heavy atom. The maximum atomic E-state index is 6.34. The summed E-state index contributed by atoms with van der Waals surface area (Å²) in [6, 6.07) is 13.7. The van der Waals surface area contributed by atoms with Crippen molar-refractivity contribution in [1.29, 1.82) is 0 Å². The number of thiocarbonyl (C=S) groups is 1. The van der Waals surface area contributed by atoms with Crippen molar-refractivity contribution in [2.24, 2.45) is 0 Å². The average molecular weight is 419 g/mol. The van der Waals surface area contributed by atoms with Crippen molar-refractivity contribution in [2.45, 2.75) is 44.1 Å². The van der Waals surface area contributed by atoms with Crippen LogP contribution in [0.2, 0.25) is 5.02 Å². The van der Waals surface area contributed by atoms with Crippen molar-refractivity contribution < 1.29 is 9.47 Å². The lowest BCUT2D eigenvalue weighted by Gasteiger charge is -2.32. The normalized spacial score (nSPS) is 15.1. The molecule has 0 bridgehead atoms. The van der Waals surface area contributed by atoms with E-state index in [1.54, 1.807) is 14.2 Å². The lowest BCUT2D eigenvalue weighted by Crippen LogP contribution is -2.48. The zero-order valence-electron chi connectivity index (χ0n) is 16.4. The Morgan fingerprint density at radius 3 is 2.54 bits per heavy atom. The Kier molecular flexibility index (Phi) is 7.03. The van der Waals surface area contributed by atoms with Gasteiger partial charge in [-0.15, -0.1) is 0 Å². The van der Waals surface area contributed by atoms with Crippen molar-refractivity contribution in [1.82, 2.24) is 5.32 Å². The number of nitrogens with one attached hydrogen (secondary N) is 2. The quantitative estimate of drug-likeness (QED) is 0.574. The number of rotatable bonds is 7. The van der Waals surface area contributed by atoms with E-state index in [1.165, 1.54) is 18.4 Å². The molecule has 4 nitrogen and oxygen atoms in total. The van der Waals surface area contributed by atoms with E-state index in [0.29, 0.717) is 10.9 Å². The van der Waals surface area contributed by atoms with Crippen LogP contribution in [0.15, 0.2) is 42.5 Å². The van der Waals surface area contributed by atoms with Crippen LogP contribution in [0.1, 0.15) is 37.7 Å². The molecule has 2 aromatic carbocycles. The van der Waals surface area contributed by atoms with Gasteiger partial charge >= 0.3 is 0 Å². The summed E-state index contributed by atoms with van der Waals surface area (Å²) < 4.78 is 10.7. The highest BCUT2D eigenvalue weighted by Crippen LogP contribution is 2.35. The SMILES string of the molecule is COc1ccc(NC(=S)NC2(CCc3ccccc3Cl)CCCC2)c(OC)c1. The summed E-state index contributed by atoms with van der Waals surface area (Å²) in [4.78, 5) is 0. The third-order valence-electron chi connectivity index (χ3n) is 5.43. The number of ether oxygens (including phenoxy) is 2. The second kappa shape index (κ2) is 9.48. The van der Waals surface area contributed by atoms with Crippen molar-refractivity contribution in [3.8, 4) is 11.5 Å². The second-order valence-corrected chi connectivity index (χ2v) is 8.04. The molecule has 2 aromatic rings. The van der Waals surface area contributed by atoms with Gasteiger partial charge in [-0.3, -0.25) is 0 Å². The van der Waals surface area contributed by atoms with Crippen molar-refractivity contribution in [2.75, 3.05) is 19.5 Å². The Balaban J connectivity index is 1.67. The highest BCUT2D eigenvalue weighted by Gasteiger charge is 2.34. The second-order valence-electron chi connectivity index (χ2n) is 7.22. The molecule has 1 fully saturated rings. The molecule has 0 aromatic heterocycles. The first-order chi connectivity index (χ1) is 13.5. The number of halogens is 1. The minimum Gasteiger partial charge on any atom is -0.497 e. The number of hydrogen-bond donors (Lipinski definition) is 2. The van der Waals surface area contributed by atoms with Gasteiger partial charge in [0, 0.05) is 16.6 Å². The molecule has 0 unspecified atom stereocenters. The number of aryl methyl sites for hydroxylation is 1. The smallest absolute Gasteiger partial charge is 0.171 e. The lowest BCUT2D eigenvalue weighted by molar-refractivity contribution is 0.362. The molecule has 0 aliphatic heterocycles. The van der Waals surface area contributed by atoms with Crippen molar-refractivity contribution in [3.63, 3.8) is 0 Å². The van der Waals surface area contributed by atoms with Crippen LogP contribution in [0.5, 0.6) is 11.5 Å². The molecule has 0 heterocycles. The van der Waals surface area contributed by atoms with Crippen LogP contribution in [0.3, 0.4) is 0 Å². The van der Waals surface area contributed by atoms with E-state index in [4.69, 9.17) is 33.3 Å². The molecule has 0 spiro atoms. The molecule has 1 saturated carbocycles. The molecule has 2 N–H and O–H groups in total. The zero-order chi connectivity index (χ0) is 20.0. The minimum atomic E-state index is 0.00294. The number of hydrogen-bond acceptors (Lipinski definition) is 3. The van der Waals surface area contributed by atoms with Crippen LogP contribution < -0.4 is 20.1 Å². The fourth-order valence-corrected chi connectivity index (χ4v) is 4.42. The van der Waals surface area contributed by atoms with Gasteiger partial charge in [-0.25, -0.2) is 0 Å². The predicted molar refractivity (Wildman–Crippen MR) is 120 cm³/mol. The molecule has 1 aliphatic carbocycles. The molecule has 6 heteroatoms. The summed E-state index contributed by atoms with van der Waals surface area (Å²) in [6.45, 7) is 0. The Hall–Kier alpha value is -1.98. The third kappa shape index (κ3) is 5.09. The third-order valence-corrected chi connectivity index (χ3v) is 6.00. The van der Waals surface area contributed by atoms with Gasteiger partial charge in [0.25, 0.3) is 0 Å². The first kappa shape index (κ1) is 20.7. The molecule has 3 rings (SSSR count). The van der Waals surface area contributed by atoms with Crippen LogP contribution in [-0.2, 0) is 6.42 Å². The van der Waals surface area contributed by atoms with E-state index in [0.717, 1.165) is 42.1 Å². The van der Waals surface area contributed by atoms with Crippen LogP contribution >= 0.6 is 23.8 Å². The van der Waals surface area contributed by atoms with Gasteiger partial charge in [-0.2, -0.15) is 0 Å². The molecule has 0 radical (unpaired) electrons. The van der Waals surface area contributed by atoms with E-state index in [2.05, 4.69) is 16.7 Å². The maximum Gasteiger partial charge on any atom is 0.171 e. The maximum absolute atomic E-state index is 6.34. The number of methoxy groups -OCH3 is 2. The summed E-state index contributed by atoms with van der Waals surface area (Å²) in [6.07, 6.45) is 6.57. The van der Waals surface area contributed by atoms with Crippen LogP contribution in [0.4, 0.5) is 5.69 Å². The summed E-state index contributed by atoms with van der Waals surface area (Å²) in [5.41, 5.74) is 2.01. The predicted octanol–water partition coefficient (Wildman–Crippen LogP) is 5.59. The standard InChI is InChI=1S/C22H27ClN2O2S/c1-26-17-9-10-19(20(15-17)27-2)24-21(28)25-22(12-5-6-13-22)14-11-16-7-3-4-8-18(16)23/h3-4,7-10,15H,5-6,11-14H2,1-2H3,(H2,24,25,28). The van der Waals surface area contributed by atoms with Gasteiger partial charge in [-0.05, 0) is 61.7 Å². The molecular formula is C22H27ClN2O2S. The van der Waals surface area contributed by atoms with Crippen LogP contribution in [-0.4, -0.2) is 24.9 Å². The van der Waals surface area contributed by atoms with Crippen LogP contribution in [0, 0.1) is 0 Å². The summed E-state index contributed by atoms with van der Waals surface area (Å²) in [5, 5.41) is 8.34. The van der Waals surface area contributed by atoms with Gasteiger partial charge in [0.15, 0.2) is 5.11 Å². The van der Waals surface area contributed by atoms with E-state index >= 15 is 0 Å². The molecule has 28 heavy (non-hydrogen) atoms. The number of benzene rings is 2. The van der Waals surface area contributed by atoms with E-state index in [-0.39, 0.29) is 5.54 Å². The van der Waals surface area contributed by atoms with Crippen LogP contribution in [0.25, 0.3) is 0 Å². The van der Waals surface area contributed by atoms with Gasteiger partial charge in [-0.1, -0.05) is 42.6 Å². The summed E-state index contributed by atoms with van der Waals surface area (Å²) in [7, 11) is 3.27. The van der Waals surface area contributed by atoms with Crippen molar-refractivity contribution >= 4 is 34.6 Å². The minimum absolute atomic E-state index is 0.00294. The number of anilines is 1. The fourth-order valence-electron chi connectivity index (χ4n) is 3.86. The first-order valence-electron chi connectivity index (χ1n) is 9.60. The summed E-state index contributed by atoms with van der Waals surface area (Å²) in [5.74, 6) is 1.44. The highest BCUT2D eigenvalue weighted by atomic mass is 35.5. The molecule has 0 atom stereocenters. The lowest BCUT2D eigenvalue weighted by atomic mass is 9.89. The van der Waals surface area contributed by atoms with Gasteiger partial charge in [0.05, 0.1) is 19.9 Å². The topological polar surface area (TPSA) is 42.5 Å². The molecule has 1 aliphatic rings. The monoisotopic (exact) mass is 418 g/mol. The molecule has 0 amide bonds. The van der Waals surface area contributed by atoms with Gasteiger partial charge in [0.2, 0.25) is 0 Å². The van der Waals surface area contributed by atoms with Gasteiger partial charge in [0.1, 0.15) is 11.5 Å². The van der Waals surface area contributed by atoms with E-state index in [1.807, 2.05) is 36.4 Å². The van der Waals surface area contributed by atoms with E-state index < -0.39 is 0 Å². The summed E-state index contributed by atoms with van der Waals surface area (Å²) >= 11 is 12.0. The highest BCUT2D eigenvalue weighted by molar-refractivity contribution is 7.80. The average Bonchev–Trinajstić information content (AvgIpc) is 3.16. The molecule has 150 valence electrons. The largest absolute Gasteiger partial charge is 0.497 e. The molecular weight excluding hydrogens is 392 g/mol. The Morgan fingerprint density at radius 2 is 1.86 bits per heavy atom. The van der Waals surface area contributed by atoms with Gasteiger partial charge < -0.3 is 20.1 Å². The zero-order valence-corrected chi connectivity index (χ0v) is 18.0. The van der Waals surface area contributed by atoms with Crippen molar-refractivity contribution in [3.05, 3.63) is 53.1 Å². The fraction of sp³-hybridized carbons (Fsp3) is 0.409. The van der Waals surface area contributed by atoms with E-state index in [9.17, 15) is 0 Å². The Bertz CT molecular complexity index is 822.